The van der Waals surface area contributed by atoms with Gasteiger partial charge in [-0.2, -0.15) is 0 Å². The fourth-order valence-electron chi connectivity index (χ4n) is 2.63. The van der Waals surface area contributed by atoms with Crippen LogP contribution in [0, 0.1) is 11.7 Å². The normalized spacial score (nSPS) is 14.4. The Morgan fingerprint density at radius 3 is 1.91 bits per heavy atom. The molecule has 0 spiro atoms. The molecule has 0 aromatic heterocycles. The Hall–Kier alpha value is -1.74. The van der Waals surface area contributed by atoms with Gasteiger partial charge in [-0.25, -0.2) is 4.39 Å². The van der Waals surface area contributed by atoms with Crippen LogP contribution in [0.25, 0.3) is 0 Å². The Labute approximate surface area is 136 Å². The molecule has 0 saturated heterocycles. The summed E-state index contributed by atoms with van der Waals surface area (Å²) in [5, 5.41) is 0. The van der Waals surface area contributed by atoms with Gasteiger partial charge >= 0.3 is 0 Å². The molecule has 0 atom stereocenters. The van der Waals surface area contributed by atoms with E-state index < -0.39 is 0 Å². The minimum Gasteiger partial charge on any atom is -0.493 e. The lowest BCUT2D eigenvalue weighted by Gasteiger charge is -2.12. The third-order valence-electron chi connectivity index (χ3n) is 3.83. The summed E-state index contributed by atoms with van der Waals surface area (Å²) < 4.78 is 24.3. The van der Waals surface area contributed by atoms with Gasteiger partial charge in [0.2, 0.25) is 0 Å². The molecule has 0 bridgehead atoms. The molecule has 1 aliphatic rings. The second kappa shape index (κ2) is 8.04. The molecule has 0 N–H and O–H groups in total. The predicted molar refractivity (Wildman–Crippen MR) is 87.6 cm³/mol. The van der Waals surface area contributed by atoms with Crippen molar-refractivity contribution in [1.82, 2.24) is 0 Å². The van der Waals surface area contributed by atoms with Crippen molar-refractivity contribution < 1.29 is 13.9 Å². The molecular weight excluding hydrogens is 303 g/mol. The molecule has 0 radical (unpaired) electrons. The van der Waals surface area contributed by atoms with E-state index in [1.54, 1.807) is 12.1 Å². The van der Waals surface area contributed by atoms with Gasteiger partial charge in [0.25, 0.3) is 0 Å². The van der Waals surface area contributed by atoms with Gasteiger partial charge in [-0.3, -0.25) is 0 Å². The highest BCUT2D eigenvalue weighted by Crippen LogP contribution is 2.27. The fourth-order valence-corrected chi connectivity index (χ4v) is 2.63. The molecule has 0 amide bonds. The van der Waals surface area contributed by atoms with Gasteiger partial charge in [0, 0.05) is 0 Å². The van der Waals surface area contributed by atoms with E-state index in [1.807, 2.05) is 24.3 Å². The number of rotatable bonds is 5. The van der Waals surface area contributed by atoms with Gasteiger partial charge in [-0.05, 0) is 67.3 Å². The van der Waals surface area contributed by atoms with E-state index >= 15 is 0 Å². The molecule has 1 fully saturated rings. The van der Waals surface area contributed by atoms with E-state index in [0.29, 0.717) is 11.7 Å². The van der Waals surface area contributed by atoms with Gasteiger partial charge < -0.3 is 9.47 Å². The third kappa shape index (κ3) is 4.63. The molecule has 1 aliphatic carbocycles. The standard InChI is InChI=1S/C18H19FO2.ClH/c19-15-5-7-17(8-6-15)21-18-11-9-16(10-12-18)20-13-14-3-1-2-4-14;/h5-12,14H,1-4,13H2;1H. The number of halogens is 2. The largest absolute Gasteiger partial charge is 0.493 e. The van der Waals surface area contributed by atoms with Crippen LogP contribution in [0.3, 0.4) is 0 Å². The Bertz CT molecular complexity index is 563. The quantitative estimate of drug-likeness (QED) is 0.712. The van der Waals surface area contributed by atoms with Crippen LogP contribution in [0.2, 0.25) is 0 Å². The molecule has 0 aliphatic heterocycles. The van der Waals surface area contributed by atoms with Crippen LogP contribution in [0.5, 0.6) is 17.2 Å². The second-order valence-corrected chi connectivity index (χ2v) is 5.49. The number of ether oxygens (including phenoxy) is 2. The van der Waals surface area contributed by atoms with Crippen molar-refractivity contribution in [2.45, 2.75) is 25.7 Å². The predicted octanol–water partition coefficient (Wildman–Crippen LogP) is 5.61. The van der Waals surface area contributed by atoms with Gasteiger partial charge in [0.15, 0.2) is 0 Å². The van der Waals surface area contributed by atoms with E-state index in [-0.39, 0.29) is 18.2 Å². The highest BCUT2D eigenvalue weighted by molar-refractivity contribution is 5.85. The number of hydrogen-bond acceptors (Lipinski definition) is 2. The van der Waals surface area contributed by atoms with Crippen LogP contribution < -0.4 is 9.47 Å². The maximum absolute atomic E-state index is 12.8. The molecule has 2 aromatic carbocycles. The summed E-state index contributed by atoms with van der Waals surface area (Å²) in [5.41, 5.74) is 0. The first-order chi connectivity index (χ1) is 10.3. The molecule has 118 valence electrons. The van der Waals surface area contributed by atoms with Crippen molar-refractivity contribution in [3.05, 3.63) is 54.3 Å². The third-order valence-corrected chi connectivity index (χ3v) is 3.83. The summed E-state index contributed by atoms with van der Waals surface area (Å²) >= 11 is 0. The molecule has 1 saturated carbocycles. The topological polar surface area (TPSA) is 18.5 Å². The van der Waals surface area contributed by atoms with Crippen molar-refractivity contribution in [2.75, 3.05) is 6.61 Å². The lowest BCUT2D eigenvalue weighted by atomic mass is 10.1. The minimum absolute atomic E-state index is 0. The lowest BCUT2D eigenvalue weighted by molar-refractivity contribution is 0.252. The summed E-state index contributed by atoms with van der Waals surface area (Å²) in [6, 6.07) is 13.5. The van der Waals surface area contributed by atoms with E-state index in [0.717, 1.165) is 18.1 Å². The molecule has 22 heavy (non-hydrogen) atoms. The average Bonchev–Trinajstić information content (AvgIpc) is 3.02. The summed E-state index contributed by atoms with van der Waals surface area (Å²) in [5.74, 6) is 2.65. The monoisotopic (exact) mass is 322 g/mol. The van der Waals surface area contributed by atoms with E-state index in [9.17, 15) is 4.39 Å². The Morgan fingerprint density at radius 1 is 0.818 bits per heavy atom. The minimum atomic E-state index is -0.266. The van der Waals surface area contributed by atoms with Crippen LogP contribution in [0.1, 0.15) is 25.7 Å². The molecule has 2 aromatic rings. The van der Waals surface area contributed by atoms with Gasteiger partial charge in [-0.1, -0.05) is 12.8 Å². The van der Waals surface area contributed by atoms with Crippen molar-refractivity contribution in [3.8, 4) is 17.2 Å². The fraction of sp³-hybridized carbons (Fsp3) is 0.333. The zero-order valence-corrected chi connectivity index (χ0v) is 13.2. The van der Waals surface area contributed by atoms with E-state index in [2.05, 4.69) is 0 Å². The van der Waals surface area contributed by atoms with Crippen LogP contribution >= 0.6 is 12.4 Å². The first kappa shape index (κ1) is 16.6. The number of hydrogen-bond donors (Lipinski definition) is 0. The van der Waals surface area contributed by atoms with Crippen LogP contribution in [-0.2, 0) is 0 Å². The lowest BCUT2D eigenvalue weighted by Crippen LogP contribution is -2.07. The first-order valence-corrected chi connectivity index (χ1v) is 7.46. The SMILES string of the molecule is Cl.Fc1ccc(Oc2ccc(OCC3CCCC3)cc2)cc1. The summed E-state index contributed by atoms with van der Waals surface area (Å²) in [4.78, 5) is 0. The van der Waals surface area contributed by atoms with Crippen LogP contribution in [0.15, 0.2) is 48.5 Å². The molecule has 0 unspecified atom stereocenters. The summed E-state index contributed by atoms with van der Waals surface area (Å²) in [7, 11) is 0. The number of benzene rings is 2. The Balaban J connectivity index is 0.00000176. The maximum atomic E-state index is 12.8. The van der Waals surface area contributed by atoms with Gasteiger partial charge in [0.1, 0.15) is 23.1 Å². The van der Waals surface area contributed by atoms with Crippen molar-refractivity contribution >= 4 is 12.4 Å². The van der Waals surface area contributed by atoms with Crippen molar-refractivity contribution in [2.24, 2.45) is 5.92 Å². The zero-order chi connectivity index (χ0) is 14.5. The van der Waals surface area contributed by atoms with Gasteiger partial charge in [-0.15, -0.1) is 12.4 Å². The molecule has 2 nitrogen and oxygen atoms in total. The first-order valence-electron chi connectivity index (χ1n) is 7.46. The highest BCUT2D eigenvalue weighted by Gasteiger charge is 2.15. The van der Waals surface area contributed by atoms with Gasteiger partial charge in [0.05, 0.1) is 6.61 Å². The molecule has 3 rings (SSSR count). The van der Waals surface area contributed by atoms with Crippen LogP contribution in [0.4, 0.5) is 4.39 Å². The van der Waals surface area contributed by atoms with Crippen LogP contribution in [-0.4, -0.2) is 6.61 Å². The average molecular weight is 323 g/mol. The molecular formula is C18H20ClFO2. The molecule has 0 heterocycles. The Morgan fingerprint density at radius 2 is 1.32 bits per heavy atom. The molecule has 4 heteroatoms. The second-order valence-electron chi connectivity index (χ2n) is 5.49. The summed E-state index contributed by atoms with van der Waals surface area (Å²) in [6.07, 6.45) is 5.23. The summed E-state index contributed by atoms with van der Waals surface area (Å²) in [6.45, 7) is 0.804. The van der Waals surface area contributed by atoms with Crippen molar-refractivity contribution in [1.29, 1.82) is 0 Å². The zero-order valence-electron chi connectivity index (χ0n) is 12.3. The Kier molecular flexibility index (Phi) is 6.08. The smallest absolute Gasteiger partial charge is 0.127 e. The van der Waals surface area contributed by atoms with E-state index in [1.165, 1.54) is 37.8 Å². The van der Waals surface area contributed by atoms with E-state index in [4.69, 9.17) is 9.47 Å². The van der Waals surface area contributed by atoms with Crippen molar-refractivity contribution in [3.63, 3.8) is 0 Å². The highest BCUT2D eigenvalue weighted by atomic mass is 35.5. The maximum Gasteiger partial charge on any atom is 0.127 e.